The third-order valence-electron chi connectivity index (χ3n) is 4.22. The Balaban J connectivity index is 1.77. The van der Waals surface area contributed by atoms with Gasteiger partial charge < -0.3 is 14.2 Å². The molecule has 2 heterocycles. The van der Waals surface area contributed by atoms with E-state index in [4.69, 9.17) is 4.74 Å². The number of aromatic nitrogens is 3. The number of ether oxygens (including phenoxy) is 1. The topological polar surface area (TPSA) is 60.2 Å². The molecule has 6 nitrogen and oxygen atoms in total. The molecule has 7 heteroatoms. The van der Waals surface area contributed by atoms with E-state index in [1.54, 1.807) is 17.3 Å². The van der Waals surface area contributed by atoms with Gasteiger partial charge in [0, 0.05) is 31.6 Å². The lowest BCUT2D eigenvalue weighted by atomic mass is 9.96. The second kappa shape index (κ2) is 6.36. The Kier molecular flexibility index (Phi) is 4.27. The van der Waals surface area contributed by atoms with Gasteiger partial charge in [-0.25, -0.2) is 4.39 Å². The number of hydrogen-bond donors (Lipinski definition) is 0. The van der Waals surface area contributed by atoms with Crippen molar-refractivity contribution in [1.82, 2.24) is 19.7 Å². The number of piperidine rings is 1. The van der Waals surface area contributed by atoms with Crippen molar-refractivity contribution in [2.24, 2.45) is 7.05 Å². The van der Waals surface area contributed by atoms with Crippen molar-refractivity contribution < 1.29 is 13.9 Å². The summed E-state index contributed by atoms with van der Waals surface area (Å²) in [5, 5.41) is 8.04. The quantitative estimate of drug-likeness (QED) is 0.868. The fraction of sp³-hybridized carbons (Fsp3) is 0.438. The molecule has 1 aromatic carbocycles. The molecule has 0 bridgehead atoms. The molecule has 2 aromatic rings. The van der Waals surface area contributed by atoms with Gasteiger partial charge in [0.15, 0.2) is 11.6 Å². The second-order valence-corrected chi connectivity index (χ2v) is 5.74. The van der Waals surface area contributed by atoms with Crippen molar-refractivity contribution in [2.45, 2.75) is 18.8 Å². The first kappa shape index (κ1) is 15.5. The summed E-state index contributed by atoms with van der Waals surface area (Å²) in [5.41, 5.74) is 0.335. The van der Waals surface area contributed by atoms with Gasteiger partial charge in [-0.2, -0.15) is 0 Å². The van der Waals surface area contributed by atoms with Gasteiger partial charge in [0.05, 0.1) is 7.11 Å². The Morgan fingerprint density at radius 3 is 2.91 bits per heavy atom. The molecule has 1 saturated heterocycles. The van der Waals surface area contributed by atoms with Crippen LogP contribution in [0, 0.1) is 5.82 Å². The molecule has 1 fully saturated rings. The van der Waals surface area contributed by atoms with E-state index < -0.39 is 5.82 Å². The Labute approximate surface area is 133 Å². The molecule has 1 amide bonds. The van der Waals surface area contributed by atoms with Gasteiger partial charge in [0.25, 0.3) is 5.91 Å². The van der Waals surface area contributed by atoms with Crippen LogP contribution in [0.3, 0.4) is 0 Å². The lowest BCUT2D eigenvalue weighted by Crippen LogP contribution is -2.39. The smallest absolute Gasteiger partial charge is 0.253 e. The van der Waals surface area contributed by atoms with Crippen LogP contribution in [0.2, 0.25) is 0 Å². The summed E-state index contributed by atoms with van der Waals surface area (Å²) in [6.07, 6.45) is 3.52. The van der Waals surface area contributed by atoms with E-state index in [1.165, 1.54) is 19.2 Å². The first-order valence-electron chi connectivity index (χ1n) is 7.57. The van der Waals surface area contributed by atoms with Gasteiger partial charge in [0.1, 0.15) is 12.2 Å². The zero-order chi connectivity index (χ0) is 16.4. The number of nitrogens with zero attached hydrogens (tertiary/aromatic N) is 4. The molecule has 0 N–H and O–H groups in total. The fourth-order valence-corrected chi connectivity index (χ4v) is 3.02. The second-order valence-electron chi connectivity index (χ2n) is 5.74. The first-order chi connectivity index (χ1) is 11.1. The number of rotatable bonds is 3. The minimum Gasteiger partial charge on any atom is -0.494 e. The normalized spacial score (nSPS) is 18.0. The van der Waals surface area contributed by atoms with Crippen molar-refractivity contribution in [3.05, 3.63) is 41.7 Å². The fourth-order valence-electron chi connectivity index (χ4n) is 3.02. The monoisotopic (exact) mass is 318 g/mol. The summed E-state index contributed by atoms with van der Waals surface area (Å²) >= 11 is 0. The maximum Gasteiger partial charge on any atom is 0.253 e. The summed E-state index contributed by atoms with van der Waals surface area (Å²) in [6.45, 7) is 1.24. The third kappa shape index (κ3) is 3.04. The molecule has 0 radical (unpaired) electrons. The average molecular weight is 318 g/mol. The predicted molar refractivity (Wildman–Crippen MR) is 81.8 cm³/mol. The number of benzene rings is 1. The number of hydrogen-bond acceptors (Lipinski definition) is 4. The minimum absolute atomic E-state index is 0.136. The maximum absolute atomic E-state index is 13.8. The predicted octanol–water partition coefficient (Wildman–Crippen LogP) is 1.98. The van der Waals surface area contributed by atoms with Crippen LogP contribution in [0.25, 0.3) is 0 Å². The number of halogens is 1. The van der Waals surface area contributed by atoms with E-state index in [1.807, 2.05) is 11.6 Å². The number of methoxy groups -OCH3 is 1. The van der Waals surface area contributed by atoms with E-state index in [0.717, 1.165) is 18.7 Å². The molecular weight excluding hydrogens is 299 g/mol. The number of aryl methyl sites for hydroxylation is 1. The summed E-state index contributed by atoms with van der Waals surface area (Å²) in [4.78, 5) is 14.4. The van der Waals surface area contributed by atoms with Crippen molar-refractivity contribution in [3.8, 4) is 5.75 Å². The Morgan fingerprint density at radius 2 is 2.26 bits per heavy atom. The Hall–Kier alpha value is -2.44. The molecule has 122 valence electrons. The van der Waals surface area contributed by atoms with E-state index in [-0.39, 0.29) is 17.6 Å². The van der Waals surface area contributed by atoms with Gasteiger partial charge in [0.2, 0.25) is 0 Å². The maximum atomic E-state index is 13.8. The third-order valence-corrected chi connectivity index (χ3v) is 4.22. The molecule has 0 spiro atoms. The van der Waals surface area contributed by atoms with Crippen LogP contribution in [0.1, 0.15) is 34.9 Å². The van der Waals surface area contributed by atoms with Crippen molar-refractivity contribution in [3.63, 3.8) is 0 Å². The Morgan fingerprint density at radius 1 is 1.43 bits per heavy atom. The molecule has 0 aliphatic carbocycles. The number of amides is 1. The van der Waals surface area contributed by atoms with Crippen LogP contribution in [0.5, 0.6) is 5.75 Å². The van der Waals surface area contributed by atoms with Crippen LogP contribution in [0.15, 0.2) is 24.5 Å². The zero-order valence-corrected chi connectivity index (χ0v) is 13.2. The van der Waals surface area contributed by atoms with Gasteiger partial charge in [-0.3, -0.25) is 4.79 Å². The number of likely N-dealkylation sites (tertiary alicyclic amines) is 1. The van der Waals surface area contributed by atoms with E-state index in [2.05, 4.69) is 10.2 Å². The van der Waals surface area contributed by atoms with Crippen molar-refractivity contribution in [1.29, 1.82) is 0 Å². The summed E-state index contributed by atoms with van der Waals surface area (Å²) in [5.74, 6) is 0.475. The van der Waals surface area contributed by atoms with Crippen LogP contribution in [0.4, 0.5) is 4.39 Å². The summed E-state index contributed by atoms with van der Waals surface area (Å²) in [7, 11) is 3.30. The lowest BCUT2D eigenvalue weighted by Gasteiger charge is -2.32. The highest BCUT2D eigenvalue weighted by Crippen LogP contribution is 2.27. The highest BCUT2D eigenvalue weighted by atomic mass is 19.1. The van der Waals surface area contributed by atoms with Gasteiger partial charge in [-0.05, 0) is 31.0 Å². The van der Waals surface area contributed by atoms with Gasteiger partial charge in [-0.15, -0.1) is 10.2 Å². The lowest BCUT2D eigenvalue weighted by molar-refractivity contribution is 0.0703. The summed E-state index contributed by atoms with van der Waals surface area (Å²) in [6, 6.07) is 4.30. The highest BCUT2D eigenvalue weighted by Gasteiger charge is 2.28. The van der Waals surface area contributed by atoms with Crippen LogP contribution in [-0.4, -0.2) is 45.8 Å². The standard InChI is InChI=1S/C16H19FN4O2/c1-20-10-18-19-15(20)12-4-3-7-21(9-12)16(22)11-5-6-14(23-2)13(17)8-11/h5-6,8,10,12H,3-4,7,9H2,1-2H3. The molecule has 1 unspecified atom stereocenters. The largest absolute Gasteiger partial charge is 0.494 e. The van der Waals surface area contributed by atoms with E-state index in [0.29, 0.717) is 18.7 Å². The SMILES string of the molecule is COc1ccc(C(=O)N2CCCC(c3nncn3C)C2)cc1F. The van der Waals surface area contributed by atoms with Gasteiger partial charge in [-0.1, -0.05) is 0 Å². The van der Waals surface area contributed by atoms with Crippen molar-refractivity contribution >= 4 is 5.91 Å². The molecular formula is C16H19FN4O2. The summed E-state index contributed by atoms with van der Waals surface area (Å²) < 4.78 is 20.6. The molecule has 23 heavy (non-hydrogen) atoms. The molecule has 0 saturated carbocycles. The molecule has 1 atom stereocenters. The minimum atomic E-state index is -0.528. The molecule has 3 rings (SSSR count). The van der Waals surface area contributed by atoms with E-state index in [9.17, 15) is 9.18 Å². The zero-order valence-electron chi connectivity index (χ0n) is 13.2. The first-order valence-corrected chi connectivity index (χ1v) is 7.57. The number of carbonyl (C=O) groups excluding carboxylic acids is 1. The highest BCUT2D eigenvalue weighted by molar-refractivity contribution is 5.94. The average Bonchev–Trinajstić information content (AvgIpc) is 3.00. The number of carbonyl (C=O) groups is 1. The Bertz CT molecular complexity index is 716. The van der Waals surface area contributed by atoms with Crippen LogP contribution < -0.4 is 4.74 Å². The van der Waals surface area contributed by atoms with Crippen LogP contribution >= 0.6 is 0 Å². The van der Waals surface area contributed by atoms with Crippen molar-refractivity contribution in [2.75, 3.05) is 20.2 Å². The van der Waals surface area contributed by atoms with Crippen LogP contribution in [-0.2, 0) is 7.05 Å². The van der Waals surface area contributed by atoms with Gasteiger partial charge >= 0.3 is 0 Å². The molecule has 1 aliphatic heterocycles. The molecule has 1 aliphatic rings. The van der Waals surface area contributed by atoms with E-state index >= 15 is 0 Å². The molecule has 1 aromatic heterocycles.